The van der Waals surface area contributed by atoms with Crippen LogP contribution in [0.5, 0.6) is 0 Å². The molecule has 0 aliphatic carbocycles. The maximum absolute atomic E-state index is 12.9. The minimum atomic E-state index is -3.53. The fourth-order valence-corrected chi connectivity index (χ4v) is 5.09. The van der Waals surface area contributed by atoms with Gasteiger partial charge in [0.05, 0.1) is 6.61 Å². The van der Waals surface area contributed by atoms with Crippen LogP contribution in [0.25, 0.3) is 0 Å². The van der Waals surface area contributed by atoms with Crippen LogP contribution in [0, 0.1) is 0 Å². The molecule has 27 heavy (non-hydrogen) atoms. The summed E-state index contributed by atoms with van der Waals surface area (Å²) in [4.78, 5) is 15.4. The van der Waals surface area contributed by atoms with Crippen molar-refractivity contribution in [2.24, 2.45) is 0 Å². The first kappa shape index (κ1) is 20.2. The van der Waals surface area contributed by atoms with Crippen LogP contribution in [0.4, 0.5) is 10.5 Å². The van der Waals surface area contributed by atoms with Gasteiger partial charge in [0.25, 0.3) is 10.2 Å². The second kappa shape index (κ2) is 8.64. The zero-order chi connectivity index (χ0) is 19.4. The molecule has 0 spiro atoms. The van der Waals surface area contributed by atoms with E-state index < -0.39 is 10.2 Å². The standard InChI is InChI=1S/C17H25ClN4O4S/c1-2-26-17(23)20-8-12-22(13-9-20)27(24,25)21-10-6-19(7-11-21)16-5-3-4-15(18)14-16/h3-5,14H,2,6-13H2,1H3. The topological polar surface area (TPSA) is 73.4 Å². The van der Waals surface area contributed by atoms with Gasteiger partial charge in [0, 0.05) is 63.1 Å². The number of nitrogens with zero attached hydrogens (tertiary/aromatic N) is 4. The number of carbonyl (C=O) groups is 1. The quantitative estimate of drug-likeness (QED) is 0.743. The molecule has 150 valence electrons. The Hall–Kier alpha value is -1.55. The fraction of sp³-hybridized carbons (Fsp3) is 0.588. The largest absolute Gasteiger partial charge is 0.450 e. The average molecular weight is 417 g/mol. The highest BCUT2D eigenvalue weighted by Crippen LogP contribution is 2.22. The van der Waals surface area contributed by atoms with Crippen LogP contribution in [0.1, 0.15) is 6.92 Å². The molecule has 10 heteroatoms. The molecule has 1 aromatic rings. The number of benzene rings is 1. The molecule has 0 aromatic heterocycles. The van der Waals surface area contributed by atoms with Crippen molar-refractivity contribution in [3.05, 3.63) is 29.3 Å². The van der Waals surface area contributed by atoms with Crippen molar-refractivity contribution < 1.29 is 17.9 Å². The summed E-state index contributed by atoms with van der Waals surface area (Å²) in [6.45, 7) is 5.41. The Morgan fingerprint density at radius 3 is 2.19 bits per heavy atom. The molecule has 0 saturated carbocycles. The summed E-state index contributed by atoms with van der Waals surface area (Å²) in [7, 11) is -3.53. The maximum Gasteiger partial charge on any atom is 0.409 e. The summed E-state index contributed by atoms with van der Waals surface area (Å²) in [5, 5.41) is 0.669. The Labute approximate surface area is 165 Å². The number of ether oxygens (including phenoxy) is 1. The lowest BCUT2D eigenvalue weighted by atomic mass is 10.2. The predicted octanol–water partition coefficient (Wildman–Crippen LogP) is 1.48. The molecule has 1 aromatic carbocycles. The summed E-state index contributed by atoms with van der Waals surface area (Å²) >= 11 is 6.04. The lowest BCUT2D eigenvalue weighted by Crippen LogP contribution is -2.57. The van der Waals surface area contributed by atoms with E-state index in [1.165, 1.54) is 8.61 Å². The maximum atomic E-state index is 12.9. The van der Waals surface area contributed by atoms with E-state index in [9.17, 15) is 13.2 Å². The normalized spacial score (nSPS) is 19.9. The number of carbonyl (C=O) groups excluding carboxylic acids is 1. The number of anilines is 1. The fourth-order valence-electron chi connectivity index (χ4n) is 3.33. The van der Waals surface area contributed by atoms with E-state index in [1.807, 2.05) is 24.3 Å². The molecule has 2 aliphatic heterocycles. The van der Waals surface area contributed by atoms with Crippen LogP contribution in [-0.4, -0.2) is 87.0 Å². The third-order valence-corrected chi connectivity index (χ3v) is 7.10. The second-order valence-electron chi connectivity index (χ2n) is 6.46. The van der Waals surface area contributed by atoms with Gasteiger partial charge in [-0.3, -0.25) is 0 Å². The van der Waals surface area contributed by atoms with Crippen molar-refractivity contribution in [3.63, 3.8) is 0 Å². The van der Waals surface area contributed by atoms with Crippen molar-refractivity contribution in [2.45, 2.75) is 6.92 Å². The SMILES string of the molecule is CCOC(=O)N1CCN(S(=O)(=O)N2CCN(c3cccc(Cl)c3)CC2)CC1. The first-order valence-corrected chi connectivity index (χ1v) is 10.9. The number of amides is 1. The molecule has 3 rings (SSSR count). The summed E-state index contributed by atoms with van der Waals surface area (Å²) in [6.07, 6.45) is -0.385. The molecule has 2 heterocycles. The zero-order valence-electron chi connectivity index (χ0n) is 15.4. The molecule has 2 saturated heterocycles. The Balaban J connectivity index is 1.55. The molecule has 0 N–H and O–H groups in total. The molecule has 2 fully saturated rings. The van der Waals surface area contributed by atoms with Crippen LogP contribution in [0.15, 0.2) is 24.3 Å². The minimum Gasteiger partial charge on any atom is -0.450 e. The highest BCUT2D eigenvalue weighted by Gasteiger charge is 2.35. The van der Waals surface area contributed by atoms with E-state index >= 15 is 0 Å². The third-order valence-electron chi connectivity index (χ3n) is 4.83. The monoisotopic (exact) mass is 416 g/mol. The first-order chi connectivity index (χ1) is 12.9. The lowest BCUT2D eigenvalue weighted by molar-refractivity contribution is 0.0923. The number of hydrogen-bond acceptors (Lipinski definition) is 5. The smallest absolute Gasteiger partial charge is 0.409 e. The Kier molecular flexibility index (Phi) is 6.46. The second-order valence-corrected chi connectivity index (χ2v) is 8.82. The van der Waals surface area contributed by atoms with Gasteiger partial charge in [0.15, 0.2) is 0 Å². The molecule has 2 aliphatic rings. The lowest BCUT2D eigenvalue weighted by Gasteiger charge is -2.40. The van der Waals surface area contributed by atoms with Gasteiger partial charge < -0.3 is 14.5 Å². The summed E-state index contributed by atoms with van der Waals surface area (Å²) in [6, 6.07) is 7.58. The Morgan fingerprint density at radius 1 is 1.04 bits per heavy atom. The Morgan fingerprint density at radius 2 is 1.63 bits per heavy atom. The number of piperazine rings is 2. The number of halogens is 1. The van der Waals surface area contributed by atoms with Crippen LogP contribution in [0.2, 0.25) is 5.02 Å². The van der Waals surface area contributed by atoms with Gasteiger partial charge in [-0.05, 0) is 25.1 Å². The molecule has 0 radical (unpaired) electrons. The van der Waals surface area contributed by atoms with Crippen LogP contribution < -0.4 is 4.90 Å². The predicted molar refractivity (Wildman–Crippen MR) is 104 cm³/mol. The van der Waals surface area contributed by atoms with E-state index in [0.29, 0.717) is 50.9 Å². The van der Waals surface area contributed by atoms with Gasteiger partial charge in [-0.25, -0.2) is 4.79 Å². The zero-order valence-corrected chi connectivity index (χ0v) is 17.0. The van der Waals surface area contributed by atoms with Crippen molar-refractivity contribution in [2.75, 3.05) is 63.9 Å². The summed E-state index contributed by atoms with van der Waals surface area (Å²) in [5.74, 6) is 0. The Bertz CT molecular complexity index is 760. The summed E-state index contributed by atoms with van der Waals surface area (Å²) in [5.41, 5.74) is 1.00. The van der Waals surface area contributed by atoms with Gasteiger partial charge >= 0.3 is 6.09 Å². The van der Waals surface area contributed by atoms with E-state index in [0.717, 1.165) is 5.69 Å². The summed E-state index contributed by atoms with van der Waals surface area (Å²) < 4.78 is 33.8. The molecular weight excluding hydrogens is 392 g/mol. The number of hydrogen-bond donors (Lipinski definition) is 0. The third kappa shape index (κ3) is 4.66. The minimum absolute atomic E-state index is 0.287. The van der Waals surface area contributed by atoms with E-state index in [1.54, 1.807) is 11.8 Å². The van der Waals surface area contributed by atoms with Crippen LogP contribution in [-0.2, 0) is 14.9 Å². The molecular formula is C17H25ClN4O4S. The molecule has 8 nitrogen and oxygen atoms in total. The van der Waals surface area contributed by atoms with E-state index in [2.05, 4.69) is 4.90 Å². The highest BCUT2D eigenvalue weighted by atomic mass is 35.5. The van der Waals surface area contributed by atoms with Crippen LogP contribution >= 0.6 is 11.6 Å². The van der Waals surface area contributed by atoms with E-state index in [4.69, 9.17) is 16.3 Å². The van der Waals surface area contributed by atoms with Gasteiger partial charge in [0.2, 0.25) is 0 Å². The molecule has 0 bridgehead atoms. The molecule has 0 unspecified atom stereocenters. The van der Waals surface area contributed by atoms with Gasteiger partial charge in [-0.1, -0.05) is 17.7 Å². The van der Waals surface area contributed by atoms with Gasteiger partial charge in [-0.2, -0.15) is 17.0 Å². The average Bonchev–Trinajstić information content (AvgIpc) is 2.68. The van der Waals surface area contributed by atoms with Crippen molar-refractivity contribution in [1.82, 2.24) is 13.5 Å². The highest BCUT2D eigenvalue weighted by molar-refractivity contribution is 7.86. The van der Waals surface area contributed by atoms with Gasteiger partial charge in [-0.15, -0.1) is 0 Å². The van der Waals surface area contributed by atoms with E-state index in [-0.39, 0.29) is 19.2 Å². The van der Waals surface area contributed by atoms with Crippen LogP contribution in [0.3, 0.4) is 0 Å². The van der Waals surface area contributed by atoms with Gasteiger partial charge in [0.1, 0.15) is 0 Å². The van der Waals surface area contributed by atoms with Crippen molar-refractivity contribution >= 4 is 33.6 Å². The molecule has 0 atom stereocenters. The van der Waals surface area contributed by atoms with Crippen molar-refractivity contribution in [1.29, 1.82) is 0 Å². The number of rotatable bonds is 4. The van der Waals surface area contributed by atoms with Crippen molar-refractivity contribution in [3.8, 4) is 0 Å². The molecule has 1 amide bonds. The first-order valence-electron chi connectivity index (χ1n) is 9.09.